The first-order valence-corrected chi connectivity index (χ1v) is 8.32. The number of phenolic OH excluding ortho intramolecular Hbond substituents is 1. The molecule has 6 nitrogen and oxygen atoms in total. The molecule has 1 saturated heterocycles. The molecular weight excluding hydrogens is 419 g/mol. The van der Waals surface area contributed by atoms with Crippen LogP contribution >= 0.6 is 24.0 Å². The standard InChI is InChI=1S/C17H28N4O2.HI/c1-3-23-14-6-9-19-17(18-2)21-12-10-20(11-13-21)15-7-4-5-8-16(15)22;/h4-5,7-8,22H,3,6,9-14H2,1-2H3,(H,18,19);1H. The van der Waals surface area contributed by atoms with E-state index < -0.39 is 0 Å². The molecule has 1 aromatic carbocycles. The molecule has 0 spiro atoms. The Morgan fingerprint density at radius 3 is 2.58 bits per heavy atom. The van der Waals surface area contributed by atoms with E-state index in [1.54, 1.807) is 6.07 Å². The Bertz CT molecular complexity index is 505. The molecule has 1 heterocycles. The van der Waals surface area contributed by atoms with Gasteiger partial charge in [-0.2, -0.15) is 0 Å². The molecule has 0 aliphatic carbocycles. The summed E-state index contributed by atoms with van der Waals surface area (Å²) in [6.45, 7) is 7.95. The van der Waals surface area contributed by atoms with Crippen molar-refractivity contribution in [2.24, 2.45) is 4.99 Å². The number of piperazine rings is 1. The highest BCUT2D eigenvalue weighted by Gasteiger charge is 2.20. The van der Waals surface area contributed by atoms with Crippen molar-refractivity contribution in [3.05, 3.63) is 24.3 Å². The van der Waals surface area contributed by atoms with Crippen LogP contribution in [0.3, 0.4) is 0 Å². The number of aromatic hydroxyl groups is 1. The van der Waals surface area contributed by atoms with E-state index in [-0.39, 0.29) is 24.0 Å². The van der Waals surface area contributed by atoms with Gasteiger partial charge < -0.3 is 25.0 Å². The summed E-state index contributed by atoms with van der Waals surface area (Å²) in [7, 11) is 1.82. The van der Waals surface area contributed by atoms with E-state index in [4.69, 9.17) is 4.74 Å². The molecule has 2 N–H and O–H groups in total. The van der Waals surface area contributed by atoms with Gasteiger partial charge in [0.25, 0.3) is 0 Å². The van der Waals surface area contributed by atoms with Gasteiger partial charge in [0.15, 0.2) is 5.96 Å². The fourth-order valence-corrected chi connectivity index (χ4v) is 2.74. The molecule has 1 aromatic rings. The lowest BCUT2D eigenvalue weighted by atomic mass is 10.2. The summed E-state index contributed by atoms with van der Waals surface area (Å²) < 4.78 is 5.34. The van der Waals surface area contributed by atoms with Gasteiger partial charge >= 0.3 is 0 Å². The number of hydrogen-bond donors (Lipinski definition) is 2. The van der Waals surface area contributed by atoms with Crippen LogP contribution in [0.5, 0.6) is 5.75 Å². The predicted octanol–water partition coefficient (Wildman–Crippen LogP) is 2.13. The molecule has 24 heavy (non-hydrogen) atoms. The molecular formula is C17H29IN4O2. The summed E-state index contributed by atoms with van der Waals surface area (Å²) in [5, 5.41) is 13.4. The minimum atomic E-state index is 0. The molecule has 0 saturated carbocycles. The van der Waals surface area contributed by atoms with Gasteiger partial charge in [0.2, 0.25) is 0 Å². The largest absolute Gasteiger partial charge is 0.506 e. The number of guanidine groups is 1. The van der Waals surface area contributed by atoms with Gasteiger partial charge in [-0.05, 0) is 25.5 Å². The van der Waals surface area contributed by atoms with Crippen LogP contribution in [0.2, 0.25) is 0 Å². The van der Waals surface area contributed by atoms with Crippen LogP contribution < -0.4 is 10.2 Å². The molecule has 0 radical (unpaired) electrons. The van der Waals surface area contributed by atoms with Gasteiger partial charge in [0, 0.05) is 53.0 Å². The number of ether oxygens (including phenoxy) is 1. The van der Waals surface area contributed by atoms with Gasteiger partial charge in [0.1, 0.15) is 5.75 Å². The highest BCUT2D eigenvalue weighted by atomic mass is 127. The van der Waals surface area contributed by atoms with E-state index in [1.807, 2.05) is 32.2 Å². The second-order valence-corrected chi connectivity index (χ2v) is 5.49. The van der Waals surface area contributed by atoms with E-state index in [0.717, 1.165) is 64.0 Å². The molecule has 1 aliphatic heterocycles. The van der Waals surface area contributed by atoms with Crippen LogP contribution in [0.1, 0.15) is 13.3 Å². The Morgan fingerprint density at radius 2 is 1.96 bits per heavy atom. The zero-order chi connectivity index (χ0) is 16.5. The minimum Gasteiger partial charge on any atom is -0.506 e. The summed E-state index contributed by atoms with van der Waals surface area (Å²) >= 11 is 0. The molecule has 136 valence electrons. The van der Waals surface area contributed by atoms with Crippen LogP contribution in [0.4, 0.5) is 5.69 Å². The molecule has 1 fully saturated rings. The van der Waals surface area contributed by atoms with Crippen molar-refractivity contribution in [3.63, 3.8) is 0 Å². The molecule has 0 atom stereocenters. The third-order valence-electron chi connectivity index (χ3n) is 3.97. The Balaban J connectivity index is 0.00000288. The SMILES string of the molecule is CCOCCCNC(=NC)N1CCN(c2ccccc2O)CC1.I. The fourth-order valence-electron chi connectivity index (χ4n) is 2.74. The lowest BCUT2D eigenvalue weighted by molar-refractivity contribution is 0.145. The first-order chi connectivity index (χ1) is 11.3. The van der Waals surface area contributed by atoms with Crippen molar-refractivity contribution >= 4 is 35.6 Å². The molecule has 0 unspecified atom stereocenters. The van der Waals surface area contributed by atoms with Crippen molar-refractivity contribution in [1.29, 1.82) is 0 Å². The second kappa shape index (κ2) is 11.4. The van der Waals surface area contributed by atoms with Gasteiger partial charge in [-0.25, -0.2) is 0 Å². The Labute approximate surface area is 161 Å². The average Bonchev–Trinajstić information content (AvgIpc) is 2.59. The zero-order valence-electron chi connectivity index (χ0n) is 14.6. The smallest absolute Gasteiger partial charge is 0.193 e. The van der Waals surface area contributed by atoms with Crippen LogP contribution in [0.25, 0.3) is 0 Å². The number of hydrogen-bond acceptors (Lipinski definition) is 4. The summed E-state index contributed by atoms with van der Waals surface area (Å²) in [4.78, 5) is 8.85. The molecule has 2 rings (SSSR count). The number of phenols is 1. The maximum absolute atomic E-state index is 9.97. The number of nitrogens with one attached hydrogen (secondary N) is 1. The maximum Gasteiger partial charge on any atom is 0.193 e. The minimum absolute atomic E-state index is 0. The molecule has 7 heteroatoms. The van der Waals surface area contributed by atoms with Crippen LogP contribution in [-0.4, -0.2) is 69.0 Å². The predicted molar refractivity (Wildman–Crippen MR) is 110 cm³/mol. The number of para-hydroxylation sites is 2. The number of anilines is 1. The van der Waals surface area contributed by atoms with Crippen LogP contribution in [0.15, 0.2) is 29.3 Å². The second-order valence-electron chi connectivity index (χ2n) is 5.49. The zero-order valence-corrected chi connectivity index (χ0v) is 16.9. The molecule has 0 aromatic heterocycles. The highest BCUT2D eigenvalue weighted by Crippen LogP contribution is 2.27. The van der Waals surface area contributed by atoms with Gasteiger partial charge in [-0.15, -0.1) is 24.0 Å². The molecule has 1 aliphatic rings. The summed E-state index contributed by atoms with van der Waals surface area (Å²) in [6, 6.07) is 7.51. The maximum atomic E-state index is 9.97. The first kappa shape index (κ1) is 20.8. The quantitative estimate of drug-likeness (QED) is 0.302. The third kappa shape index (κ3) is 6.01. The van der Waals surface area contributed by atoms with Crippen LogP contribution in [-0.2, 0) is 4.74 Å². The third-order valence-corrected chi connectivity index (χ3v) is 3.97. The summed E-state index contributed by atoms with van der Waals surface area (Å²) in [6.07, 6.45) is 0.977. The number of benzene rings is 1. The van der Waals surface area contributed by atoms with Crippen molar-refractivity contribution in [1.82, 2.24) is 10.2 Å². The Hall–Kier alpha value is -1.22. The monoisotopic (exact) mass is 448 g/mol. The van der Waals surface area contributed by atoms with E-state index in [1.165, 1.54) is 0 Å². The van der Waals surface area contributed by atoms with Crippen molar-refractivity contribution in [2.75, 3.05) is 57.9 Å². The van der Waals surface area contributed by atoms with E-state index >= 15 is 0 Å². The number of nitrogens with zero attached hydrogens (tertiary/aromatic N) is 3. The number of halogens is 1. The summed E-state index contributed by atoms with van der Waals surface area (Å²) in [5.74, 6) is 1.29. The van der Waals surface area contributed by atoms with Gasteiger partial charge in [-0.1, -0.05) is 12.1 Å². The molecule has 0 bridgehead atoms. The van der Waals surface area contributed by atoms with Crippen LogP contribution in [0, 0.1) is 0 Å². The average molecular weight is 448 g/mol. The Morgan fingerprint density at radius 1 is 1.25 bits per heavy atom. The summed E-state index contributed by atoms with van der Waals surface area (Å²) in [5.41, 5.74) is 0.909. The molecule has 0 amide bonds. The number of aliphatic imine (C=N–C) groups is 1. The lowest BCUT2D eigenvalue weighted by Crippen LogP contribution is -2.52. The van der Waals surface area contributed by atoms with E-state index in [2.05, 4.69) is 20.1 Å². The van der Waals surface area contributed by atoms with Gasteiger partial charge in [-0.3, -0.25) is 4.99 Å². The topological polar surface area (TPSA) is 60.3 Å². The van der Waals surface area contributed by atoms with E-state index in [9.17, 15) is 5.11 Å². The van der Waals surface area contributed by atoms with E-state index in [0.29, 0.717) is 5.75 Å². The van der Waals surface area contributed by atoms with Crippen molar-refractivity contribution in [3.8, 4) is 5.75 Å². The van der Waals surface area contributed by atoms with Crippen molar-refractivity contribution < 1.29 is 9.84 Å². The first-order valence-electron chi connectivity index (χ1n) is 8.32. The highest BCUT2D eigenvalue weighted by molar-refractivity contribution is 14.0. The number of rotatable bonds is 6. The van der Waals surface area contributed by atoms with Crippen molar-refractivity contribution in [2.45, 2.75) is 13.3 Å². The Kier molecular flexibility index (Phi) is 9.85. The fraction of sp³-hybridized carbons (Fsp3) is 0.588. The normalized spacial score (nSPS) is 15.2. The van der Waals surface area contributed by atoms with Gasteiger partial charge in [0.05, 0.1) is 5.69 Å². The lowest BCUT2D eigenvalue weighted by Gasteiger charge is -2.37.